The number of carbonyl (C=O) groups excluding carboxylic acids is 3. The van der Waals surface area contributed by atoms with E-state index in [1.54, 1.807) is 0 Å². The van der Waals surface area contributed by atoms with E-state index in [9.17, 15) is 14.4 Å². The summed E-state index contributed by atoms with van der Waals surface area (Å²) in [5.74, 6) is -0.832. The maximum Gasteiger partial charge on any atom is 0.306 e. The molecule has 0 amide bonds. The second-order valence-electron chi connectivity index (χ2n) is 24.5. The van der Waals surface area contributed by atoms with Gasteiger partial charge in [0.25, 0.3) is 0 Å². The molecular weight excluding hydrogens is 985 g/mol. The van der Waals surface area contributed by atoms with Gasteiger partial charge in [-0.25, -0.2) is 0 Å². The van der Waals surface area contributed by atoms with Crippen LogP contribution in [0.25, 0.3) is 0 Å². The van der Waals surface area contributed by atoms with Gasteiger partial charge in [-0.3, -0.25) is 14.4 Å². The quantitative estimate of drug-likeness (QED) is 0.0261. The summed E-state index contributed by atoms with van der Waals surface area (Å²) in [6.45, 7) is 6.71. The van der Waals surface area contributed by atoms with Crippen LogP contribution >= 0.6 is 0 Å². The molecule has 0 aromatic rings. The van der Waals surface area contributed by atoms with Crippen LogP contribution in [0.15, 0.2) is 36.5 Å². The molecule has 0 saturated carbocycles. The van der Waals surface area contributed by atoms with E-state index in [1.165, 1.54) is 289 Å². The summed E-state index contributed by atoms with van der Waals surface area (Å²) in [5, 5.41) is 0. The molecule has 6 nitrogen and oxygen atoms in total. The Kier molecular flexibility index (Phi) is 67.1. The third-order valence-corrected chi connectivity index (χ3v) is 16.4. The topological polar surface area (TPSA) is 78.9 Å². The second kappa shape index (κ2) is 69.1. The summed E-state index contributed by atoms with van der Waals surface area (Å²) >= 11 is 0. The summed E-state index contributed by atoms with van der Waals surface area (Å²) in [7, 11) is 0. The van der Waals surface area contributed by atoms with Crippen molar-refractivity contribution in [1.82, 2.24) is 0 Å². The minimum atomic E-state index is -0.768. The van der Waals surface area contributed by atoms with Crippen molar-refractivity contribution in [3.8, 4) is 0 Å². The Morgan fingerprint density at radius 2 is 0.450 bits per heavy atom. The number of allylic oxidation sites excluding steroid dienone is 6. The molecule has 0 aromatic heterocycles. The van der Waals surface area contributed by atoms with E-state index >= 15 is 0 Å². The summed E-state index contributed by atoms with van der Waals surface area (Å²) < 4.78 is 17.0. The highest BCUT2D eigenvalue weighted by atomic mass is 16.6. The van der Waals surface area contributed by atoms with E-state index < -0.39 is 6.10 Å². The van der Waals surface area contributed by atoms with Crippen molar-refractivity contribution in [2.24, 2.45) is 0 Å². The van der Waals surface area contributed by atoms with Gasteiger partial charge in [0.05, 0.1) is 0 Å². The van der Waals surface area contributed by atoms with Crippen LogP contribution in [0.1, 0.15) is 400 Å². The molecule has 0 aliphatic carbocycles. The number of carbonyl (C=O) groups is 3. The lowest BCUT2D eigenvalue weighted by Crippen LogP contribution is -2.30. The van der Waals surface area contributed by atoms with Crippen LogP contribution < -0.4 is 0 Å². The summed E-state index contributed by atoms with van der Waals surface area (Å²) in [4.78, 5) is 38.4. The van der Waals surface area contributed by atoms with E-state index in [4.69, 9.17) is 14.2 Å². The van der Waals surface area contributed by atoms with Gasteiger partial charge >= 0.3 is 17.9 Å². The van der Waals surface area contributed by atoms with Crippen LogP contribution in [0.3, 0.4) is 0 Å². The number of hydrogen-bond donors (Lipinski definition) is 0. The molecule has 0 aliphatic heterocycles. The highest BCUT2D eigenvalue weighted by molar-refractivity contribution is 5.71. The first-order chi connectivity index (χ1) is 39.5. The van der Waals surface area contributed by atoms with Crippen molar-refractivity contribution < 1.29 is 28.6 Å². The van der Waals surface area contributed by atoms with Gasteiger partial charge in [0.1, 0.15) is 13.2 Å². The molecule has 0 heterocycles. The van der Waals surface area contributed by atoms with E-state index in [2.05, 4.69) is 57.2 Å². The lowest BCUT2D eigenvalue weighted by molar-refractivity contribution is -0.167. The average molecular weight is 1120 g/mol. The molecule has 470 valence electrons. The fourth-order valence-electron chi connectivity index (χ4n) is 11.0. The molecule has 0 N–H and O–H groups in total. The maximum absolute atomic E-state index is 12.9. The Balaban J connectivity index is 4.17. The average Bonchev–Trinajstić information content (AvgIpc) is 3.46. The molecule has 0 radical (unpaired) electrons. The summed E-state index contributed by atoms with van der Waals surface area (Å²) in [6.07, 6.45) is 86.0. The minimum absolute atomic E-state index is 0.0644. The Labute approximate surface area is 499 Å². The molecule has 0 fully saturated rings. The molecular formula is C74H138O6. The largest absolute Gasteiger partial charge is 0.462 e. The third-order valence-electron chi connectivity index (χ3n) is 16.4. The summed E-state index contributed by atoms with van der Waals surface area (Å²) in [5.41, 5.74) is 0. The van der Waals surface area contributed by atoms with E-state index in [1.807, 2.05) is 0 Å². The molecule has 6 heteroatoms. The van der Waals surface area contributed by atoms with Crippen molar-refractivity contribution in [3.05, 3.63) is 36.5 Å². The summed E-state index contributed by atoms with van der Waals surface area (Å²) in [6, 6.07) is 0. The maximum atomic E-state index is 12.9. The molecule has 1 unspecified atom stereocenters. The Morgan fingerprint density at radius 3 is 0.700 bits per heavy atom. The van der Waals surface area contributed by atoms with Crippen LogP contribution in [0.5, 0.6) is 0 Å². The molecule has 0 spiro atoms. The molecule has 80 heavy (non-hydrogen) atoms. The van der Waals surface area contributed by atoms with Crippen LogP contribution in [0.4, 0.5) is 0 Å². The Hall–Kier alpha value is -2.37. The predicted molar refractivity (Wildman–Crippen MR) is 349 cm³/mol. The Morgan fingerprint density at radius 1 is 0.250 bits per heavy atom. The predicted octanol–water partition coefficient (Wildman–Crippen LogP) is 24.7. The highest BCUT2D eigenvalue weighted by Gasteiger charge is 2.19. The van der Waals surface area contributed by atoms with Crippen LogP contribution in [-0.2, 0) is 28.6 Å². The van der Waals surface area contributed by atoms with E-state index in [0.717, 1.165) is 70.6 Å². The van der Waals surface area contributed by atoms with Gasteiger partial charge in [0, 0.05) is 19.3 Å². The van der Waals surface area contributed by atoms with E-state index in [0.29, 0.717) is 19.3 Å². The number of esters is 3. The fourth-order valence-corrected chi connectivity index (χ4v) is 11.0. The monoisotopic (exact) mass is 1120 g/mol. The minimum Gasteiger partial charge on any atom is -0.462 e. The van der Waals surface area contributed by atoms with Crippen LogP contribution in [0, 0.1) is 0 Å². The first kappa shape index (κ1) is 77.6. The van der Waals surface area contributed by atoms with Gasteiger partial charge in [-0.15, -0.1) is 0 Å². The number of hydrogen-bond acceptors (Lipinski definition) is 6. The van der Waals surface area contributed by atoms with Crippen molar-refractivity contribution >= 4 is 17.9 Å². The second-order valence-corrected chi connectivity index (χ2v) is 24.5. The number of rotatable bonds is 67. The normalized spacial score (nSPS) is 12.2. The zero-order valence-corrected chi connectivity index (χ0v) is 54.1. The van der Waals surface area contributed by atoms with Gasteiger partial charge in [-0.05, 0) is 57.8 Å². The number of ether oxygens (including phenoxy) is 3. The van der Waals surface area contributed by atoms with Gasteiger partial charge in [0.2, 0.25) is 0 Å². The van der Waals surface area contributed by atoms with Gasteiger partial charge < -0.3 is 14.2 Å². The third kappa shape index (κ3) is 66.4. The van der Waals surface area contributed by atoms with Crippen LogP contribution in [0.2, 0.25) is 0 Å². The van der Waals surface area contributed by atoms with Gasteiger partial charge in [0.15, 0.2) is 6.10 Å². The highest BCUT2D eigenvalue weighted by Crippen LogP contribution is 2.19. The van der Waals surface area contributed by atoms with Crippen LogP contribution in [-0.4, -0.2) is 37.2 Å². The van der Waals surface area contributed by atoms with Crippen molar-refractivity contribution in [2.75, 3.05) is 13.2 Å². The standard InChI is InChI=1S/C74H138O6/c1-4-7-10-13-16-19-22-25-28-30-31-32-33-34-35-36-37-38-39-40-41-42-43-44-47-49-52-55-58-61-64-67-73(76)79-70-71(69-78-72(75)66-63-60-57-54-51-48-45-27-24-21-18-15-12-9-6-3)80-74(77)68-65-62-59-56-53-50-46-29-26-23-20-17-14-11-8-5-2/h22,25,30-31,33-34,71H,4-21,23-24,26-29,32,35-70H2,1-3H3/b25-22-,31-30-,34-33-. The SMILES string of the molecule is CCCCCCC/C=C\C/C=C\C/C=C\CCCCCCCCCCCCCCCCCCC(=O)OCC(COC(=O)CCCCCCCCCCCCCCCCC)OC(=O)CCCCCCCCCCCCCCCCCC. The molecule has 0 rings (SSSR count). The van der Waals surface area contributed by atoms with E-state index in [-0.39, 0.29) is 31.1 Å². The first-order valence-electron chi connectivity index (χ1n) is 36.0. The van der Waals surface area contributed by atoms with Crippen molar-refractivity contribution in [1.29, 1.82) is 0 Å². The lowest BCUT2D eigenvalue weighted by atomic mass is 10.0. The smallest absolute Gasteiger partial charge is 0.306 e. The Bertz CT molecular complexity index is 1340. The van der Waals surface area contributed by atoms with Crippen molar-refractivity contribution in [2.45, 2.75) is 406 Å². The van der Waals surface area contributed by atoms with Gasteiger partial charge in [-0.2, -0.15) is 0 Å². The molecule has 1 atom stereocenters. The van der Waals surface area contributed by atoms with Gasteiger partial charge in [-0.1, -0.05) is 359 Å². The molecule has 0 saturated heterocycles. The zero-order chi connectivity index (χ0) is 57.8. The zero-order valence-electron chi connectivity index (χ0n) is 54.1. The van der Waals surface area contributed by atoms with Crippen molar-refractivity contribution in [3.63, 3.8) is 0 Å². The lowest BCUT2D eigenvalue weighted by Gasteiger charge is -2.18. The molecule has 0 aromatic carbocycles. The first-order valence-corrected chi connectivity index (χ1v) is 36.0. The molecule has 0 aliphatic rings. The number of unbranched alkanes of at least 4 members (excludes halogenated alkanes) is 50. The fraction of sp³-hybridized carbons (Fsp3) is 0.878. The molecule has 0 bridgehead atoms.